The lowest BCUT2D eigenvalue weighted by Crippen LogP contribution is -1.88. The zero-order chi connectivity index (χ0) is 14.1. The first-order valence-electron chi connectivity index (χ1n) is 5.47. The fourth-order valence-corrected chi connectivity index (χ4v) is 1.89. The monoisotopic (exact) mass is 291 g/mol. The Morgan fingerprint density at radius 3 is 2.80 bits per heavy atom. The molecule has 3 aromatic rings. The van der Waals surface area contributed by atoms with Crippen LogP contribution in [-0.4, -0.2) is 15.1 Å². The van der Waals surface area contributed by atoms with E-state index >= 15 is 0 Å². The second kappa shape index (κ2) is 4.78. The molecule has 0 atom stereocenters. The van der Waals surface area contributed by atoms with Crippen LogP contribution in [0.5, 0.6) is 0 Å². The quantitative estimate of drug-likeness (QED) is 0.541. The number of hydrogen-bond acceptors (Lipinski definition) is 6. The highest BCUT2D eigenvalue weighted by Gasteiger charge is 2.17. The van der Waals surface area contributed by atoms with Crippen molar-refractivity contribution in [1.82, 2.24) is 10.1 Å². The SMILES string of the molecule is O=[N+]([O-])c1ccc(-c2nc(-c3ccco3)no2)c(Cl)c1. The molecule has 0 N–H and O–H groups in total. The maximum Gasteiger partial charge on any atom is 0.270 e. The standard InChI is InChI=1S/C12H6ClN3O4/c13-9-6-7(16(17)18)3-4-8(9)12-14-11(15-20-12)10-2-1-5-19-10/h1-6H. The first-order valence-corrected chi connectivity index (χ1v) is 5.85. The number of nitro groups is 1. The lowest BCUT2D eigenvalue weighted by molar-refractivity contribution is -0.384. The van der Waals surface area contributed by atoms with Crippen molar-refractivity contribution in [3.05, 3.63) is 51.7 Å². The zero-order valence-corrected chi connectivity index (χ0v) is 10.6. The van der Waals surface area contributed by atoms with E-state index in [-0.39, 0.29) is 22.4 Å². The Bertz CT molecular complexity index is 767. The van der Waals surface area contributed by atoms with Crippen molar-refractivity contribution in [2.75, 3.05) is 0 Å². The summed E-state index contributed by atoms with van der Waals surface area (Å²) in [6, 6.07) is 7.39. The van der Waals surface area contributed by atoms with Gasteiger partial charge in [-0.15, -0.1) is 0 Å². The first-order chi connectivity index (χ1) is 9.65. The molecule has 0 radical (unpaired) electrons. The Balaban J connectivity index is 1.99. The summed E-state index contributed by atoms with van der Waals surface area (Å²) in [7, 11) is 0. The van der Waals surface area contributed by atoms with Gasteiger partial charge < -0.3 is 8.94 Å². The number of hydrogen-bond donors (Lipinski definition) is 0. The second-order valence-electron chi connectivity index (χ2n) is 3.82. The minimum Gasteiger partial charge on any atom is -0.461 e. The first kappa shape index (κ1) is 12.4. The van der Waals surface area contributed by atoms with Gasteiger partial charge in [-0.3, -0.25) is 10.1 Å². The van der Waals surface area contributed by atoms with E-state index in [1.54, 1.807) is 12.1 Å². The number of benzene rings is 1. The highest BCUT2D eigenvalue weighted by atomic mass is 35.5. The van der Waals surface area contributed by atoms with E-state index < -0.39 is 4.92 Å². The number of non-ortho nitro benzene ring substituents is 1. The van der Waals surface area contributed by atoms with Gasteiger partial charge in [0.1, 0.15) is 0 Å². The summed E-state index contributed by atoms with van der Waals surface area (Å²) in [6.07, 6.45) is 1.49. The van der Waals surface area contributed by atoms with Crippen LogP contribution in [-0.2, 0) is 0 Å². The van der Waals surface area contributed by atoms with E-state index in [0.29, 0.717) is 11.3 Å². The Hall–Kier alpha value is -2.67. The fraction of sp³-hybridized carbons (Fsp3) is 0. The van der Waals surface area contributed by atoms with Crippen LogP contribution in [0.1, 0.15) is 0 Å². The molecular formula is C12H6ClN3O4. The van der Waals surface area contributed by atoms with E-state index in [4.69, 9.17) is 20.5 Å². The van der Waals surface area contributed by atoms with Crippen LogP contribution < -0.4 is 0 Å². The van der Waals surface area contributed by atoms with Gasteiger partial charge in [-0.25, -0.2) is 0 Å². The van der Waals surface area contributed by atoms with Crippen LogP contribution >= 0.6 is 11.6 Å². The van der Waals surface area contributed by atoms with Crippen LogP contribution in [0.2, 0.25) is 5.02 Å². The molecule has 0 saturated carbocycles. The summed E-state index contributed by atoms with van der Waals surface area (Å²) in [5, 5.41) is 14.6. The lowest BCUT2D eigenvalue weighted by atomic mass is 10.2. The molecule has 0 fully saturated rings. The summed E-state index contributed by atoms with van der Waals surface area (Å²) in [6.45, 7) is 0. The molecule has 100 valence electrons. The Morgan fingerprint density at radius 1 is 1.30 bits per heavy atom. The average Bonchev–Trinajstić information content (AvgIpc) is 3.09. The van der Waals surface area contributed by atoms with Crippen LogP contribution in [0.15, 0.2) is 45.5 Å². The van der Waals surface area contributed by atoms with E-state index in [2.05, 4.69) is 10.1 Å². The van der Waals surface area contributed by atoms with Crippen LogP contribution in [0.25, 0.3) is 23.0 Å². The smallest absolute Gasteiger partial charge is 0.270 e. The molecule has 20 heavy (non-hydrogen) atoms. The van der Waals surface area contributed by atoms with Crippen molar-refractivity contribution in [3.8, 4) is 23.0 Å². The Labute approximate surface area is 116 Å². The number of rotatable bonds is 3. The minimum atomic E-state index is -0.530. The molecule has 2 aromatic heterocycles. The third-order valence-electron chi connectivity index (χ3n) is 2.56. The van der Waals surface area contributed by atoms with Crippen molar-refractivity contribution < 1.29 is 13.9 Å². The number of furan rings is 1. The molecule has 0 aliphatic heterocycles. The highest BCUT2D eigenvalue weighted by molar-refractivity contribution is 6.33. The third kappa shape index (κ3) is 2.14. The van der Waals surface area contributed by atoms with Gasteiger partial charge in [0, 0.05) is 12.1 Å². The molecule has 0 spiro atoms. The van der Waals surface area contributed by atoms with Gasteiger partial charge in [0.2, 0.25) is 5.82 Å². The van der Waals surface area contributed by atoms with E-state index in [1.165, 1.54) is 24.5 Å². The molecule has 0 unspecified atom stereocenters. The maximum atomic E-state index is 10.6. The summed E-state index contributed by atoms with van der Waals surface area (Å²) in [5.74, 6) is 0.897. The van der Waals surface area contributed by atoms with Crippen molar-refractivity contribution in [1.29, 1.82) is 0 Å². The molecule has 0 saturated heterocycles. The number of nitrogens with zero attached hydrogens (tertiary/aromatic N) is 3. The molecule has 2 heterocycles. The molecule has 8 heteroatoms. The summed E-state index contributed by atoms with van der Waals surface area (Å²) in [5.41, 5.74) is 0.312. The van der Waals surface area contributed by atoms with Crippen molar-refractivity contribution in [3.63, 3.8) is 0 Å². The lowest BCUT2D eigenvalue weighted by Gasteiger charge is -1.97. The highest BCUT2D eigenvalue weighted by Crippen LogP contribution is 2.31. The molecule has 7 nitrogen and oxygen atoms in total. The average molecular weight is 292 g/mol. The molecule has 0 aliphatic rings. The largest absolute Gasteiger partial charge is 0.461 e. The van der Waals surface area contributed by atoms with Gasteiger partial charge in [0.25, 0.3) is 11.6 Å². The minimum absolute atomic E-state index is 0.107. The fourth-order valence-electron chi connectivity index (χ4n) is 1.63. The second-order valence-corrected chi connectivity index (χ2v) is 4.23. The third-order valence-corrected chi connectivity index (χ3v) is 2.87. The molecule has 3 rings (SSSR count). The van der Waals surface area contributed by atoms with Gasteiger partial charge in [-0.05, 0) is 18.2 Å². The van der Waals surface area contributed by atoms with Crippen molar-refractivity contribution >= 4 is 17.3 Å². The number of nitro benzene ring substituents is 1. The summed E-state index contributed by atoms with van der Waals surface area (Å²) in [4.78, 5) is 14.2. The maximum absolute atomic E-state index is 10.6. The van der Waals surface area contributed by atoms with E-state index in [0.717, 1.165) is 0 Å². The number of halogens is 1. The predicted octanol–water partition coefficient (Wildman–Crippen LogP) is 3.56. The van der Waals surface area contributed by atoms with Gasteiger partial charge in [-0.2, -0.15) is 4.98 Å². The topological polar surface area (TPSA) is 95.2 Å². The van der Waals surface area contributed by atoms with Crippen LogP contribution in [0, 0.1) is 10.1 Å². The van der Waals surface area contributed by atoms with Gasteiger partial charge in [0.15, 0.2) is 5.76 Å². The normalized spacial score (nSPS) is 10.7. The summed E-state index contributed by atoms with van der Waals surface area (Å²) < 4.78 is 10.2. The summed E-state index contributed by atoms with van der Waals surface area (Å²) >= 11 is 5.99. The molecule has 0 aliphatic carbocycles. The number of aromatic nitrogens is 2. The predicted molar refractivity (Wildman–Crippen MR) is 69.1 cm³/mol. The van der Waals surface area contributed by atoms with Gasteiger partial charge in [0.05, 0.1) is 21.8 Å². The Kier molecular flexibility index (Phi) is 2.96. The molecule has 0 amide bonds. The molecular weight excluding hydrogens is 286 g/mol. The molecule has 1 aromatic carbocycles. The van der Waals surface area contributed by atoms with E-state index in [1.807, 2.05) is 0 Å². The Morgan fingerprint density at radius 2 is 2.15 bits per heavy atom. The zero-order valence-electron chi connectivity index (χ0n) is 9.82. The van der Waals surface area contributed by atoms with Crippen molar-refractivity contribution in [2.24, 2.45) is 0 Å². The van der Waals surface area contributed by atoms with E-state index in [9.17, 15) is 10.1 Å². The van der Waals surface area contributed by atoms with Gasteiger partial charge >= 0.3 is 0 Å². The van der Waals surface area contributed by atoms with Crippen LogP contribution in [0.4, 0.5) is 5.69 Å². The van der Waals surface area contributed by atoms with Crippen LogP contribution in [0.3, 0.4) is 0 Å². The van der Waals surface area contributed by atoms with Crippen molar-refractivity contribution in [2.45, 2.75) is 0 Å². The van der Waals surface area contributed by atoms with Gasteiger partial charge in [-0.1, -0.05) is 16.8 Å². The molecule has 0 bridgehead atoms.